The fourth-order valence-corrected chi connectivity index (χ4v) is 3.75. The Hall–Kier alpha value is -2.05. The van der Waals surface area contributed by atoms with Gasteiger partial charge >= 0.3 is 6.18 Å². The molecule has 1 heterocycles. The summed E-state index contributed by atoms with van der Waals surface area (Å²) >= 11 is 5.72. The summed E-state index contributed by atoms with van der Waals surface area (Å²) in [5, 5.41) is 2.48. The Kier molecular flexibility index (Phi) is 6.07. The first-order chi connectivity index (χ1) is 12.9. The molecule has 0 unspecified atom stereocenters. The van der Waals surface area contributed by atoms with Gasteiger partial charge in [-0.05, 0) is 37.5 Å². The number of quaternary nitrogens is 1. The number of likely N-dealkylation sites (tertiary alicyclic amines) is 1. The number of nitrogens with one attached hydrogen (secondary N) is 2. The minimum absolute atomic E-state index is 0.0263. The summed E-state index contributed by atoms with van der Waals surface area (Å²) in [6.45, 7) is 1.64. The number of piperidine rings is 1. The summed E-state index contributed by atoms with van der Waals surface area (Å²) < 4.78 is 40.0. The van der Waals surface area contributed by atoms with Gasteiger partial charge in [0.2, 0.25) is 0 Å². The zero-order valence-corrected chi connectivity index (χ0v) is 15.4. The number of carbonyl (C=O) groups excluding carboxylic acids is 1. The predicted octanol–water partition coefficient (Wildman–Crippen LogP) is 4.11. The summed E-state index contributed by atoms with van der Waals surface area (Å²) in [6.07, 6.45) is -1.49. The quantitative estimate of drug-likeness (QED) is 0.800. The molecule has 3 nitrogen and oxygen atoms in total. The Morgan fingerprint density at radius 3 is 2.33 bits per heavy atom. The van der Waals surface area contributed by atoms with Gasteiger partial charge in [-0.3, -0.25) is 4.79 Å². The highest BCUT2D eigenvalue weighted by Crippen LogP contribution is 2.36. The smallest absolute Gasteiger partial charge is 0.321 e. The van der Waals surface area contributed by atoms with E-state index in [0.717, 1.165) is 48.9 Å². The summed E-state index contributed by atoms with van der Waals surface area (Å²) in [6, 6.07) is 12.0. The van der Waals surface area contributed by atoms with Gasteiger partial charge in [-0.1, -0.05) is 41.9 Å². The number of halogens is 4. The van der Waals surface area contributed by atoms with Gasteiger partial charge in [0.25, 0.3) is 5.91 Å². The highest BCUT2D eigenvalue weighted by molar-refractivity contribution is 6.30. The van der Waals surface area contributed by atoms with Crippen LogP contribution in [0.1, 0.15) is 36.4 Å². The standard InChI is InChI=1S/C20H20ClF3N2O/c21-15-9-10-17(16(13-15)20(22,23)24)25-19(27)18(14-7-3-1-4-8-14)26-11-5-2-6-12-26/h1,3-4,7-10,13,18H,2,5-6,11-12H2,(H,25,27)/p+1/t18-/m0/s1. The van der Waals surface area contributed by atoms with Crippen LogP contribution in [0.5, 0.6) is 0 Å². The second kappa shape index (κ2) is 8.31. The van der Waals surface area contributed by atoms with E-state index in [9.17, 15) is 18.0 Å². The average Bonchev–Trinajstić information content (AvgIpc) is 2.64. The second-order valence-electron chi connectivity index (χ2n) is 6.74. The summed E-state index contributed by atoms with van der Waals surface area (Å²) in [5.74, 6) is -0.439. The van der Waals surface area contributed by atoms with E-state index < -0.39 is 23.7 Å². The normalized spacial score (nSPS) is 16.7. The first-order valence-electron chi connectivity index (χ1n) is 8.93. The largest absolute Gasteiger partial charge is 0.418 e. The lowest BCUT2D eigenvalue weighted by Gasteiger charge is -2.31. The van der Waals surface area contributed by atoms with Crippen molar-refractivity contribution in [3.63, 3.8) is 0 Å². The highest BCUT2D eigenvalue weighted by Gasteiger charge is 2.37. The molecule has 1 atom stereocenters. The summed E-state index contributed by atoms with van der Waals surface area (Å²) in [5.41, 5.74) is -0.410. The fraction of sp³-hybridized carbons (Fsp3) is 0.350. The van der Waals surface area contributed by atoms with Gasteiger partial charge in [-0.15, -0.1) is 0 Å². The average molecular weight is 398 g/mol. The third-order valence-corrected chi connectivity index (χ3v) is 5.08. The number of alkyl halides is 3. The number of amides is 1. The maximum absolute atomic E-state index is 13.3. The lowest BCUT2D eigenvalue weighted by Crippen LogP contribution is -3.14. The minimum Gasteiger partial charge on any atom is -0.321 e. The molecule has 1 saturated heterocycles. The Morgan fingerprint density at radius 1 is 1.04 bits per heavy atom. The van der Waals surface area contributed by atoms with Crippen LogP contribution in [-0.2, 0) is 11.0 Å². The van der Waals surface area contributed by atoms with Crippen molar-refractivity contribution in [1.82, 2.24) is 0 Å². The molecule has 2 N–H and O–H groups in total. The van der Waals surface area contributed by atoms with Crippen molar-refractivity contribution in [1.29, 1.82) is 0 Å². The van der Waals surface area contributed by atoms with Gasteiger partial charge in [0.05, 0.1) is 24.3 Å². The van der Waals surface area contributed by atoms with Crippen molar-refractivity contribution in [3.05, 3.63) is 64.7 Å². The van der Waals surface area contributed by atoms with Crippen molar-refractivity contribution in [2.45, 2.75) is 31.5 Å². The third-order valence-electron chi connectivity index (χ3n) is 4.84. The molecule has 0 aliphatic carbocycles. The molecular formula is C20H21ClF3N2O+. The number of hydrogen-bond acceptors (Lipinski definition) is 1. The van der Waals surface area contributed by atoms with Gasteiger partial charge < -0.3 is 10.2 Å². The fourth-order valence-electron chi connectivity index (χ4n) is 3.58. The number of rotatable bonds is 4. The lowest BCUT2D eigenvalue weighted by atomic mass is 10.0. The molecule has 1 aliphatic heterocycles. The Bertz CT molecular complexity index is 790. The first-order valence-corrected chi connectivity index (χ1v) is 9.31. The van der Waals surface area contributed by atoms with E-state index in [1.165, 1.54) is 12.1 Å². The molecule has 0 saturated carbocycles. The van der Waals surface area contributed by atoms with Crippen LogP contribution in [0.3, 0.4) is 0 Å². The molecule has 1 aliphatic rings. The van der Waals surface area contributed by atoms with E-state index in [2.05, 4.69) is 5.32 Å². The molecule has 0 aromatic heterocycles. The molecule has 0 spiro atoms. The Labute approximate surface area is 161 Å². The van der Waals surface area contributed by atoms with Crippen LogP contribution < -0.4 is 10.2 Å². The molecule has 1 amide bonds. The van der Waals surface area contributed by atoms with E-state index in [1.54, 1.807) is 0 Å². The zero-order valence-electron chi connectivity index (χ0n) is 14.7. The molecule has 2 aromatic rings. The van der Waals surface area contributed by atoms with E-state index in [0.29, 0.717) is 0 Å². The number of benzene rings is 2. The van der Waals surface area contributed by atoms with E-state index in [4.69, 9.17) is 11.6 Å². The number of hydrogen-bond donors (Lipinski definition) is 2. The van der Waals surface area contributed by atoms with Gasteiger partial charge in [0, 0.05) is 10.6 Å². The van der Waals surface area contributed by atoms with Crippen molar-refractivity contribution in [2.24, 2.45) is 0 Å². The van der Waals surface area contributed by atoms with E-state index >= 15 is 0 Å². The van der Waals surface area contributed by atoms with E-state index in [1.807, 2.05) is 30.3 Å². The minimum atomic E-state index is -4.60. The third kappa shape index (κ3) is 4.82. The van der Waals surface area contributed by atoms with Gasteiger partial charge in [0.15, 0.2) is 6.04 Å². The molecule has 144 valence electrons. The molecule has 1 fully saturated rings. The maximum Gasteiger partial charge on any atom is 0.418 e. The van der Waals surface area contributed by atoms with Gasteiger partial charge in [-0.2, -0.15) is 13.2 Å². The molecule has 2 aromatic carbocycles. The highest BCUT2D eigenvalue weighted by atomic mass is 35.5. The number of anilines is 1. The molecular weight excluding hydrogens is 377 g/mol. The molecule has 27 heavy (non-hydrogen) atoms. The van der Waals surface area contributed by atoms with Crippen LogP contribution in [0.25, 0.3) is 0 Å². The predicted molar refractivity (Wildman–Crippen MR) is 98.8 cm³/mol. The van der Waals surface area contributed by atoms with Crippen LogP contribution >= 0.6 is 11.6 Å². The summed E-state index contributed by atoms with van der Waals surface area (Å²) in [4.78, 5) is 14.1. The van der Waals surface area contributed by atoms with Crippen LogP contribution in [-0.4, -0.2) is 19.0 Å². The number of carbonyl (C=O) groups is 1. The first kappa shape index (κ1) is 19.7. The molecule has 0 radical (unpaired) electrons. The molecule has 3 rings (SSSR count). The van der Waals surface area contributed by atoms with Gasteiger partial charge in [0.1, 0.15) is 0 Å². The van der Waals surface area contributed by atoms with E-state index in [-0.39, 0.29) is 10.7 Å². The molecule has 7 heteroatoms. The maximum atomic E-state index is 13.3. The Morgan fingerprint density at radius 2 is 1.70 bits per heavy atom. The van der Waals surface area contributed by atoms with Crippen molar-refractivity contribution in [2.75, 3.05) is 18.4 Å². The monoisotopic (exact) mass is 397 g/mol. The SMILES string of the molecule is O=C(Nc1ccc(Cl)cc1C(F)(F)F)[C@H](c1ccccc1)[NH+]1CCCCC1. The second-order valence-corrected chi connectivity index (χ2v) is 7.18. The topological polar surface area (TPSA) is 33.5 Å². The van der Waals surface area contributed by atoms with Gasteiger partial charge in [-0.25, -0.2) is 0 Å². The molecule has 0 bridgehead atoms. The van der Waals surface area contributed by atoms with Crippen molar-refractivity contribution >= 4 is 23.2 Å². The van der Waals surface area contributed by atoms with Crippen LogP contribution in [0.2, 0.25) is 5.02 Å². The van der Waals surface area contributed by atoms with Crippen LogP contribution in [0.15, 0.2) is 48.5 Å². The Balaban J connectivity index is 1.92. The zero-order chi connectivity index (χ0) is 19.4. The van der Waals surface area contributed by atoms with Crippen LogP contribution in [0.4, 0.5) is 18.9 Å². The van der Waals surface area contributed by atoms with Crippen molar-refractivity contribution < 1.29 is 22.9 Å². The van der Waals surface area contributed by atoms with Crippen molar-refractivity contribution in [3.8, 4) is 0 Å². The lowest BCUT2D eigenvalue weighted by molar-refractivity contribution is -0.926. The summed E-state index contributed by atoms with van der Waals surface area (Å²) in [7, 11) is 0. The van der Waals surface area contributed by atoms with Crippen LogP contribution in [0, 0.1) is 0 Å².